The lowest BCUT2D eigenvalue weighted by Gasteiger charge is -2.15. The lowest BCUT2D eigenvalue weighted by Crippen LogP contribution is -2.25. The Balaban J connectivity index is 1.77. The number of nitrogens with one attached hydrogen (secondary N) is 1. The third kappa shape index (κ3) is 2.79. The zero-order valence-electron chi connectivity index (χ0n) is 13.5. The predicted molar refractivity (Wildman–Crippen MR) is 96.2 cm³/mol. The fraction of sp³-hybridized carbons (Fsp3) is 0.278. The van der Waals surface area contributed by atoms with E-state index in [1.165, 1.54) is 0 Å². The van der Waals surface area contributed by atoms with E-state index in [9.17, 15) is 0 Å². The van der Waals surface area contributed by atoms with Gasteiger partial charge in [0.1, 0.15) is 10.5 Å². The summed E-state index contributed by atoms with van der Waals surface area (Å²) >= 11 is 1.61. The lowest BCUT2D eigenvalue weighted by atomic mass is 10.2. The molecule has 0 aliphatic carbocycles. The monoisotopic (exact) mass is 338 g/mol. The van der Waals surface area contributed by atoms with E-state index in [-0.39, 0.29) is 6.04 Å². The van der Waals surface area contributed by atoms with Crippen LogP contribution >= 0.6 is 11.3 Å². The van der Waals surface area contributed by atoms with Crippen molar-refractivity contribution in [2.45, 2.75) is 25.8 Å². The molecule has 0 aromatic carbocycles. The highest BCUT2D eigenvalue weighted by Crippen LogP contribution is 2.34. The third-order valence-electron chi connectivity index (χ3n) is 4.18. The molecule has 0 spiro atoms. The van der Waals surface area contributed by atoms with Crippen LogP contribution in [0.25, 0.3) is 21.6 Å². The minimum absolute atomic E-state index is 0.195. The van der Waals surface area contributed by atoms with E-state index in [1.807, 2.05) is 12.1 Å². The van der Waals surface area contributed by atoms with E-state index >= 15 is 0 Å². The standard InChI is InChI=1S/C18H18N4OS/c1-11-10-24-16-15(11)21-17(13-5-8-19-9-6-13)22-18(16)23-12(2)14-4-3-7-20-14/h5-6,8-10,14,20H,2-4,7H2,1H3. The second-order valence-corrected chi connectivity index (χ2v) is 6.78. The predicted octanol–water partition coefficient (Wildman–Crippen LogP) is 3.71. The van der Waals surface area contributed by atoms with Crippen LogP contribution in [0.2, 0.25) is 0 Å². The molecule has 1 unspecified atom stereocenters. The van der Waals surface area contributed by atoms with Crippen molar-refractivity contribution in [3.63, 3.8) is 0 Å². The molecule has 0 saturated carbocycles. The fourth-order valence-electron chi connectivity index (χ4n) is 2.86. The number of aromatic nitrogens is 3. The van der Waals surface area contributed by atoms with Crippen molar-refractivity contribution < 1.29 is 4.74 Å². The first-order chi connectivity index (χ1) is 11.7. The van der Waals surface area contributed by atoms with Gasteiger partial charge in [0.05, 0.1) is 11.6 Å². The van der Waals surface area contributed by atoms with Gasteiger partial charge in [-0.25, -0.2) is 4.98 Å². The summed E-state index contributed by atoms with van der Waals surface area (Å²) in [7, 11) is 0. The first-order valence-electron chi connectivity index (χ1n) is 7.98. The van der Waals surface area contributed by atoms with E-state index in [2.05, 4.69) is 34.2 Å². The van der Waals surface area contributed by atoms with Gasteiger partial charge in [-0.15, -0.1) is 11.3 Å². The first-order valence-corrected chi connectivity index (χ1v) is 8.86. The van der Waals surface area contributed by atoms with Gasteiger partial charge in [0.15, 0.2) is 5.82 Å². The molecule has 0 radical (unpaired) electrons. The van der Waals surface area contributed by atoms with Crippen LogP contribution in [0.1, 0.15) is 18.4 Å². The fourth-order valence-corrected chi connectivity index (χ4v) is 3.77. The molecular formula is C18H18N4OS. The summed E-state index contributed by atoms with van der Waals surface area (Å²) in [6, 6.07) is 4.00. The Kier molecular flexibility index (Phi) is 4.00. The molecule has 1 N–H and O–H groups in total. The van der Waals surface area contributed by atoms with Crippen molar-refractivity contribution in [1.29, 1.82) is 0 Å². The molecule has 6 heteroatoms. The summed E-state index contributed by atoms with van der Waals surface area (Å²) in [5.41, 5.74) is 2.98. The number of aryl methyl sites for hydroxylation is 1. The molecule has 5 nitrogen and oxygen atoms in total. The minimum Gasteiger partial charge on any atom is -0.441 e. The van der Waals surface area contributed by atoms with Crippen molar-refractivity contribution in [2.75, 3.05) is 6.54 Å². The number of hydrogen-bond donors (Lipinski definition) is 1. The Morgan fingerprint density at radius 1 is 1.33 bits per heavy atom. The Morgan fingerprint density at radius 2 is 2.17 bits per heavy atom. The van der Waals surface area contributed by atoms with Crippen molar-refractivity contribution in [2.24, 2.45) is 0 Å². The molecule has 4 rings (SSSR count). The van der Waals surface area contributed by atoms with Crippen molar-refractivity contribution >= 4 is 21.6 Å². The molecule has 1 atom stereocenters. The van der Waals surface area contributed by atoms with Crippen molar-refractivity contribution in [3.8, 4) is 17.3 Å². The zero-order chi connectivity index (χ0) is 16.5. The van der Waals surface area contributed by atoms with Gasteiger partial charge in [-0.05, 0) is 49.4 Å². The average molecular weight is 338 g/mol. The SMILES string of the molecule is C=C(Oc1nc(-c2ccncc2)nc2c(C)csc12)C1CCCN1. The maximum Gasteiger partial charge on any atom is 0.240 e. The van der Waals surface area contributed by atoms with Gasteiger partial charge in [-0.3, -0.25) is 4.98 Å². The Labute approximate surface area is 144 Å². The number of nitrogens with zero attached hydrogens (tertiary/aromatic N) is 3. The first kappa shape index (κ1) is 15.2. The summed E-state index contributed by atoms with van der Waals surface area (Å²) in [6.07, 6.45) is 5.68. The van der Waals surface area contributed by atoms with Gasteiger partial charge >= 0.3 is 0 Å². The Bertz CT molecular complexity index is 885. The van der Waals surface area contributed by atoms with Crippen LogP contribution in [0.4, 0.5) is 0 Å². The molecule has 122 valence electrons. The van der Waals surface area contributed by atoms with Gasteiger partial charge in [-0.1, -0.05) is 6.58 Å². The summed E-state index contributed by atoms with van der Waals surface area (Å²) in [4.78, 5) is 13.4. The molecule has 1 saturated heterocycles. The minimum atomic E-state index is 0.195. The average Bonchev–Trinajstić information content (AvgIpc) is 3.26. The van der Waals surface area contributed by atoms with Crippen molar-refractivity contribution in [3.05, 3.63) is 47.8 Å². The highest BCUT2D eigenvalue weighted by atomic mass is 32.1. The molecule has 0 bridgehead atoms. The van der Waals surface area contributed by atoms with Crippen LogP contribution in [0, 0.1) is 6.92 Å². The molecule has 3 aromatic heterocycles. The maximum absolute atomic E-state index is 6.07. The van der Waals surface area contributed by atoms with Crippen LogP contribution in [-0.2, 0) is 0 Å². The van der Waals surface area contributed by atoms with E-state index in [0.717, 1.165) is 46.5 Å². The number of rotatable bonds is 4. The van der Waals surface area contributed by atoms with Crippen LogP contribution in [0.15, 0.2) is 42.2 Å². The van der Waals surface area contributed by atoms with Gasteiger partial charge in [0.25, 0.3) is 0 Å². The molecule has 3 aromatic rings. The number of fused-ring (bicyclic) bond motifs is 1. The van der Waals surface area contributed by atoms with Gasteiger partial charge in [-0.2, -0.15) is 4.98 Å². The summed E-state index contributed by atoms with van der Waals surface area (Å²) < 4.78 is 7.04. The van der Waals surface area contributed by atoms with E-state index < -0.39 is 0 Å². The number of ether oxygens (including phenoxy) is 1. The van der Waals surface area contributed by atoms with Gasteiger partial charge in [0, 0.05) is 18.0 Å². The highest BCUT2D eigenvalue weighted by Gasteiger charge is 2.21. The smallest absolute Gasteiger partial charge is 0.240 e. The number of pyridine rings is 1. The highest BCUT2D eigenvalue weighted by molar-refractivity contribution is 7.17. The number of thiophene rings is 1. The molecular weight excluding hydrogens is 320 g/mol. The van der Waals surface area contributed by atoms with Gasteiger partial charge in [0.2, 0.25) is 5.88 Å². The molecule has 1 aliphatic heterocycles. The van der Waals surface area contributed by atoms with Crippen molar-refractivity contribution in [1.82, 2.24) is 20.3 Å². The molecule has 0 amide bonds. The topological polar surface area (TPSA) is 59.9 Å². The van der Waals surface area contributed by atoms with E-state index in [0.29, 0.717) is 11.7 Å². The Morgan fingerprint density at radius 3 is 2.92 bits per heavy atom. The molecule has 4 heterocycles. The molecule has 24 heavy (non-hydrogen) atoms. The second-order valence-electron chi connectivity index (χ2n) is 5.90. The maximum atomic E-state index is 6.07. The van der Waals surface area contributed by atoms with Crippen LogP contribution in [0.3, 0.4) is 0 Å². The number of hydrogen-bond acceptors (Lipinski definition) is 6. The summed E-state index contributed by atoms with van der Waals surface area (Å²) in [5, 5.41) is 5.49. The lowest BCUT2D eigenvalue weighted by molar-refractivity contribution is 0.365. The van der Waals surface area contributed by atoms with Crippen LogP contribution < -0.4 is 10.1 Å². The molecule has 1 aliphatic rings. The largest absolute Gasteiger partial charge is 0.441 e. The van der Waals surface area contributed by atoms with Gasteiger partial charge < -0.3 is 10.1 Å². The second kappa shape index (κ2) is 6.30. The quantitative estimate of drug-likeness (QED) is 0.735. The zero-order valence-corrected chi connectivity index (χ0v) is 14.3. The van der Waals surface area contributed by atoms with Crippen LogP contribution in [-0.4, -0.2) is 27.5 Å². The summed E-state index contributed by atoms with van der Waals surface area (Å²) in [5.74, 6) is 1.96. The third-order valence-corrected chi connectivity index (χ3v) is 5.25. The van der Waals surface area contributed by atoms with E-state index in [4.69, 9.17) is 9.72 Å². The Hall–Kier alpha value is -2.31. The normalized spacial score (nSPS) is 17.3. The molecule has 1 fully saturated rings. The summed E-state index contributed by atoms with van der Waals surface area (Å²) in [6.45, 7) is 7.16. The van der Waals surface area contributed by atoms with Crippen LogP contribution in [0.5, 0.6) is 5.88 Å². The van der Waals surface area contributed by atoms with E-state index in [1.54, 1.807) is 23.7 Å².